The monoisotopic (exact) mass is 405 g/mol. The van der Waals surface area contributed by atoms with Gasteiger partial charge in [0, 0.05) is 18.7 Å². The molecule has 1 aromatic rings. The summed E-state index contributed by atoms with van der Waals surface area (Å²) in [4.78, 5) is 14.5. The highest BCUT2D eigenvalue weighted by Gasteiger charge is 2.14. The van der Waals surface area contributed by atoms with Crippen LogP contribution >= 0.6 is 24.8 Å². The van der Waals surface area contributed by atoms with Crippen molar-refractivity contribution in [1.29, 1.82) is 0 Å². The molecule has 0 bridgehead atoms. The fourth-order valence-electron chi connectivity index (χ4n) is 2.99. The van der Waals surface area contributed by atoms with Crippen LogP contribution in [0.1, 0.15) is 37.0 Å². The molecule has 7 heteroatoms. The van der Waals surface area contributed by atoms with Crippen LogP contribution in [0.25, 0.3) is 0 Å². The molecule has 1 aliphatic heterocycles. The molecule has 150 valence electrons. The molecule has 0 saturated carbocycles. The van der Waals surface area contributed by atoms with Crippen molar-refractivity contribution in [3.8, 4) is 5.75 Å². The van der Waals surface area contributed by atoms with Crippen molar-refractivity contribution in [2.45, 2.75) is 26.7 Å². The second-order valence-corrected chi connectivity index (χ2v) is 6.30. The summed E-state index contributed by atoms with van der Waals surface area (Å²) in [5.74, 6) is 1.51. The Morgan fingerprint density at radius 2 is 1.92 bits per heavy atom. The zero-order valence-electron chi connectivity index (χ0n) is 15.8. The average molecular weight is 406 g/mol. The Balaban J connectivity index is 0.00000312. The first-order valence-corrected chi connectivity index (χ1v) is 9.17. The van der Waals surface area contributed by atoms with E-state index in [2.05, 4.69) is 29.4 Å². The largest absolute Gasteiger partial charge is 0.492 e. The van der Waals surface area contributed by atoms with Gasteiger partial charge in [0.15, 0.2) is 0 Å². The normalized spacial score (nSPS) is 15.9. The minimum atomic E-state index is -0.00403. The molecular weight excluding hydrogens is 373 g/mol. The number of hydrogen-bond acceptors (Lipinski definition) is 4. The highest BCUT2D eigenvalue weighted by molar-refractivity contribution is 5.94. The fourth-order valence-corrected chi connectivity index (χ4v) is 2.99. The van der Waals surface area contributed by atoms with Crippen LogP contribution in [0.5, 0.6) is 5.75 Å². The van der Waals surface area contributed by atoms with Gasteiger partial charge in [0.05, 0.1) is 0 Å². The number of carbonyl (C=O) groups excluding carboxylic acids is 1. The van der Waals surface area contributed by atoms with Gasteiger partial charge in [-0.05, 0) is 69.2 Å². The summed E-state index contributed by atoms with van der Waals surface area (Å²) in [5, 5.41) is 6.35. The number of carbonyl (C=O) groups is 1. The number of nitrogens with one attached hydrogen (secondary N) is 2. The molecule has 1 atom stereocenters. The molecule has 5 nitrogen and oxygen atoms in total. The van der Waals surface area contributed by atoms with Crippen molar-refractivity contribution >= 4 is 30.7 Å². The van der Waals surface area contributed by atoms with Gasteiger partial charge in [-0.1, -0.05) is 13.8 Å². The zero-order valence-corrected chi connectivity index (χ0v) is 17.5. The first-order valence-electron chi connectivity index (χ1n) is 9.17. The Hall–Kier alpha value is -1.01. The second kappa shape index (κ2) is 14.1. The summed E-state index contributed by atoms with van der Waals surface area (Å²) < 4.78 is 5.74. The quantitative estimate of drug-likeness (QED) is 0.627. The minimum Gasteiger partial charge on any atom is -0.492 e. The highest BCUT2D eigenvalue weighted by atomic mass is 35.5. The van der Waals surface area contributed by atoms with Gasteiger partial charge in [-0.25, -0.2) is 0 Å². The summed E-state index contributed by atoms with van der Waals surface area (Å²) in [7, 11) is 0. The third kappa shape index (κ3) is 8.58. The molecule has 1 fully saturated rings. The topological polar surface area (TPSA) is 53.6 Å². The highest BCUT2D eigenvalue weighted by Crippen LogP contribution is 2.13. The lowest BCUT2D eigenvalue weighted by atomic mass is 10.1. The molecule has 1 aliphatic rings. The maximum atomic E-state index is 12.1. The summed E-state index contributed by atoms with van der Waals surface area (Å²) in [5.41, 5.74) is 0.690. The zero-order chi connectivity index (χ0) is 17.2. The van der Waals surface area contributed by atoms with E-state index >= 15 is 0 Å². The number of ether oxygens (including phenoxy) is 1. The van der Waals surface area contributed by atoms with Crippen LogP contribution in [0.4, 0.5) is 0 Å². The van der Waals surface area contributed by atoms with Gasteiger partial charge in [-0.2, -0.15) is 0 Å². The van der Waals surface area contributed by atoms with Gasteiger partial charge in [-0.3, -0.25) is 4.79 Å². The van der Waals surface area contributed by atoms with E-state index in [9.17, 15) is 4.79 Å². The number of halogens is 2. The first-order chi connectivity index (χ1) is 11.7. The molecule has 0 spiro atoms. The number of hydrogen-bond donors (Lipinski definition) is 2. The van der Waals surface area contributed by atoms with Crippen molar-refractivity contribution in [1.82, 2.24) is 15.5 Å². The first kappa shape index (κ1) is 25.0. The lowest BCUT2D eigenvalue weighted by Gasteiger charge is -2.18. The van der Waals surface area contributed by atoms with E-state index in [1.165, 1.54) is 6.42 Å². The SMILES string of the molecule is CCN(CC)CCOc1ccc(C(=O)NCCC2CCNC2)cc1.Cl.Cl. The summed E-state index contributed by atoms with van der Waals surface area (Å²) >= 11 is 0. The molecule has 1 heterocycles. The van der Waals surface area contributed by atoms with Crippen molar-refractivity contribution < 1.29 is 9.53 Å². The van der Waals surface area contributed by atoms with Gasteiger partial charge in [0.25, 0.3) is 5.91 Å². The molecular formula is C19H33Cl2N3O2. The predicted molar refractivity (Wildman–Crippen MR) is 112 cm³/mol. The van der Waals surface area contributed by atoms with Gasteiger partial charge in [0.1, 0.15) is 12.4 Å². The summed E-state index contributed by atoms with van der Waals surface area (Å²) in [6.07, 6.45) is 2.26. The van der Waals surface area contributed by atoms with Crippen LogP contribution in [0.15, 0.2) is 24.3 Å². The van der Waals surface area contributed by atoms with Gasteiger partial charge >= 0.3 is 0 Å². The molecule has 2 N–H and O–H groups in total. The molecule has 2 rings (SSSR count). The smallest absolute Gasteiger partial charge is 0.251 e. The van der Waals surface area contributed by atoms with Gasteiger partial charge in [-0.15, -0.1) is 24.8 Å². The lowest BCUT2D eigenvalue weighted by Crippen LogP contribution is -2.28. The van der Waals surface area contributed by atoms with Crippen LogP contribution in [0.2, 0.25) is 0 Å². The fraction of sp³-hybridized carbons (Fsp3) is 0.632. The Bertz CT molecular complexity index is 490. The average Bonchev–Trinajstić information content (AvgIpc) is 3.12. The molecule has 0 aliphatic carbocycles. The van der Waals surface area contributed by atoms with E-state index < -0.39 is 0 Å². The maximum absolute atomic E-state index is 12.1. The standard InChI is InChI=1S/C19H31N3O2.2ClH/c1-3-22(4-2)13-14-24-18-7-5-17(6-8-18)19(23)21-12-10-16-9-11-20-15-16;;/h5-8,16,20H,3-4,9-15H2,1-2H3,(H,21,23);2*1H. The van der Waals surface area contributed by atoms with Crippen molar-refractivity contribution in [2.24, 2.45) is 5.92 Å². The van der Waals surface area contributed by atoms with E-state index in [1.807, 2.05) is 24.3 Å². The van der Waals surface area contributed by atoms with Gasteiger partial charge < -0.3 is 20.3 Å². The van der Waals surface area contributed by atoms with Crippen LogP contribution in [-0.2, 0) is 0 Å². The van der Waals surface area contributed by atoms with E-state index in [-0.39, 0.29) is 30.7 Å². The Kier molecular flexibility index (Phi) is 13.6. The molecule has 0 radical (unpaired) electrons. The molecule has 1 saturated heterocycles. The van der Waals surface area contributed by atoms with Crippen LogP contribution in [0.3, 0.4) is 0 Å². The predicted octanol–water partition coefficient (Wildman–Crippen LogP) is 2.98. The van der Waals surface area contributed by atoms with E-state index in [0.717, 1.165) is 51.4 Å². The molecule has 1 amide bonds. The van der Waals surface area contributed by atoms with Crippen molar-refractivity contribution in [3.05, 3.63) is 29.8 Å². The summed E-state index contributed by atoms with van der Waals surface area (Å²) in [6, 6.07) is 7.41. The Labute approximate surface area is 170 Å². The number of nitrogens with zero attached hydrogens (tertiary/aromatic N) is 1. The van der Waals surface area contributed by atoms with Gasteiger partial charge in [0.2, 0.25) is 0 Å². The second-order valence-electron chi connectivity index (χ2n) is 6.30. The Morgan fingerprint density at radius 1 is 1.23 bits per heavy atom. The molecule has 0 aromatic heterocycles. The Morgan fingerprint density at radius 3 is 2.50 bits per heavy atom. The van der Waals surface area contributed by atoms with Crippen molar-refractivity contribution in [3.63, 3.8) is 0 Å². The number of benzene rings is 1. The third-order valence-electron chi connectivity index (χ3n) is 4.69. The van der Waals surface area contributed by atoms with Crippen molar-refractivity contribution in [2.75, 3.05) is 45.9 Å². The van der Waals surface area contributed by atoms with Crippen LogP contribution in [0, 0.1) is 5.92 Å². The molecule has 1 unspecified atom stereocenters. The maximum Gasteiger partial charge on any atom is 0.251 e. The third-order valence-corrected chi connectivity index (χ3v) is 4.69. The summed E-state index contributed by atoms with van der Waals surface area (Å²) in [6.45, 7) is 10.9. The lowest BCUT2D eigenvalue weighted by molar-refractivity contribution is 0.0951. The van der Waals surface area contributed by atoms with Crippen LogP contribution < -0.4 is 15.4 Å². The molecule has 1 aromatic carbocycles. The number of rotatable bonds is 10. The minimum absolute atomic E-state index is 0. The van der Waals surface area contributed by atoms with E-state index in [4.69, 9.17) is 4.74 Å². The number of likely N-dealkylation sites (N-methyl/N-ethyl adjacent to an activating group) is 1. The van der Waals surface area contributed by atoms with E-state index in [1.54, 1.807) is 0 Å². The van der Waals surface area contributed by atoms with E-state index in [0.29, 0.717) is 18.1 Å². The van der Waals surface area contributed by atoms with Crippen LogP contribution in [-0.4, -0.2) is 56.7 Å². The number of amides is 1. The molecule has 26 heavy (non-hydrogen) atoms.